The van der Waals surface area contributed by atoms with Crippen LogP contribution in [0.15, 0.2) is 29.5 Å². The third kappa shape index (κ3) is 2.82. The first-order valence-corrected chi connectivity index (χ1v) is 11.5. The lowest BCUT2D eigenvalue weighted by atomic mass is 9.48. The van der Waals surface area contributed by atoms with Crippen molar-refractivity contribution in [2.45, 2.75) is 78.4 Å². The number of Topliss-reactive ketones (excluding diaryl/α,β-unsaturated/α-hetero) is 1. The van der Waals surface area contributed by atoms with Gasteiger partial charge in [0.25, 0.3) is 0 Å². The minimum atomic E-state index is -0.212. The van der Waals surface area contributed by atoms with E-state index in [0.717, 1.165) is 62.8 Å². The monoisotopic (exact) mass is 394 g/mol. The maximum atomic E-state index is 13.5. The Morgan fingerprint density at radius 2 is 2.00 bits per heavy atom. The standard InChI is InChI=1S/C25H34N2O2/c1-4-27-12-9-18(26-27)13-16-14-22-20-6-5-17-15-19(28)7-10-24(17,2)21(20)8-11-25(22,3)23(16)29/h5,9,12-13,19-22,28H,4,6-8,10-11,14-15H2,1-3H3/b16-13-/t19-,20-,21+,22+,24+,25+/m1/s1. The molecule has 0 amide bonds. The number of aliphatic hydroxyl groups is 1. The Hall–Kier alpha value is -1.68. The molecule has 0 saturated heterocycles. The van der Waals surface area contributed by atoms with Gasteiger partial charge in [-0.1, -0.05) is 25.5 Å². The van der Waals surface area contributed by atoms with Crippen molar-refractivity contribution in [3.05, 3.63) is 35.2 Å². The average molecular weight is 395 g/mol. The molecule has 5 rings (SSSR count). The highest BCUT2D eigenvalue weighted by Crippen LogP contribution is 2.64. The number of hydrogen-bond acceptors (Lipinski definition) is 3. The Morgan fingerprint density at radius 3 is 2.76 bits per heavy atom. The SMILES string of the molecule is CCn1ccc(/C=C2/C[C@H]3[C@@H]4CC=C5C[C@H](O)CC[C@]5(C)[C@H]4CC[C@]3(C)C2=O)n1. The van der Waals surface area contributed by atoms with Crippen molar-refractivity contribution in [3.8, 4) is 0 Å². The lowest BCUT2D eigenvalue weighted by Crippen LogP contribution is -2.50. The zero-order valence-electron chi connectivity index (χ0n) is 18.0. The van der Waals surface area contributed by atoms with Gasteiger partial charge < -0.3 is 5.11 Å². The van der Waals surface area contributed by atoms with Crippen LogP contribution in [0.2, 0.25) is 0 Å². The molecule has 3 saturated carbocycles. The first-order chi connectivity index (χ1) is 13.8. The number of fused-ring (bicyclic) bond motifs is 5. The highest BCUT2D eigenvalue weighted by molar-refractivity contribution is 6.05. The van der Waals surface area contributed by atoms with E-state index in [1.165, 1.54) is 5.57 Å². The molecule has 0 aromatic carbocycles. The number of nitrogens with zero attached hydrogens (tertiary/aromatic N) is 2. The van der Waals surface area contributed by atoms with Gasteiger partial charge >= 0.3 is 0 Å². The summed E-state index contributed by atoms with van der Waals surface area (Å²) in [6.07, 6.45) is 13.3. The molecule has 1 aromatic rings. The highest BCUT2D eigenvalue weighted by atomic mass is 16.3. The molecular weight excluding hydrogens is 360 g/mol. The summed E-state index contributed by atoms with van der Waals surface area (Å²) in [5, 5.41) is 14.8. The predicted molar refractivity (Wildman–Crippen MR) is 114 cm³/mol. The number of aliphatic hydroxyl groups excluding tert-OH is 1. The van der Waals surface area contributed by atoms with Crippen LogP contribution >= 0.6 is 0 Å². The third-order valence-electron chi connectivity index (χ3n) is 9.03. The van der Waals surface area contributed by atoms with Crippen LogP contribution in [-0.4, -0.2) is 26.8 Å². The van der Waals surface area contributed by atoms with Gasteiger partial charge in [-0.2, -0.15) is 5.10 Å². The van der Waals surface area contributed by atoms with E-state index in [-0.39, 0.29) is 16.9 Å². The molecule has 0 aliphatic heterocycles. The van der Waals surface area contributed by atoms with Crippen LogP contribution in [0, 0.1) is 28.6 Å². The Balaban J connectivity index is 1.46. The van der Waals surface area contributed by atoms with Crippen molar-refractivity contribution in [2.75, 3.05) is 0 Å². The molecule has 3 fully saturated rings. The van der Waals surface area contributed by atoms with Gasteiger partial charge in [-0.25, -0.2) is 0 Å². The zero-order chi connectivity index (χ0) is 20.4. The Morgan fingerprint density at radius 1 is 1.21 bits per heavy atom. The molecule has 1 N–H and O–H groups in total. The fraction of sp³-hybridized carbons (Fsp3) is 0.680. The number of carbonyl (C=O) groups excluding carboxylic acids is 1. The van der Waals surface area contributed by atoms with E-state index in [2.05, 4.69) is 38.0 Å². The van der Waals surface area contributed by atoms with Crippen LogP contribution in [0.4, 0.5) is 0 Å². The van der Waals surface area contributed by atoms with Gasteiger partial charge in [0, 0.05) is 18.2 Å². The average Bonchev–Trinajstić information content (AvgIpc) is 3.26. The van der Waals surface area contributed by atoms with Crippen molar-refractivity contribution in [1.29, 1.82) is 0 Å². The maximum absolute atomic E-state index is 13.5. The number of aryl methyl sites for hydroxylation is 1. The molecule has 0 radical (unpaired) electrons. The first kappa shape index (κ1) is 19.3. The number of allylic oxidation sites excluding steroid dienone is 2. The summed E-state index contributed by atoms with van der Waals surface area (Å²) >= 11 is 0. The van der Waals surface area contributed by atoms with Crippen LogP contribution in [0.5, 0.6) is 0 Å². The van der Waals surface area contributed by atoms with E-state index in [1.54, 1.807) is 0 Å². The van der Waals surface area contributed by atoms with Gasteiger partial charge in [0.15, 0.2) is 5.78 Å². The molecule has 0 spiro atoms. The van der Waals surface area contributed by atoms with E-state index >= 15 is 0 Å². The lowest BCUT2D eigenvalue weighted by molar-refractivity contribution is -0.130. The molecule has 0 bridgehead atoms. The number of aromatic nitrogens is 2. The zero-order valence-corrected chi connectivity index (χ0v) is 18.0. The normalized spacial score (nSPS) is 43.0. The van der Waals surface area contributed by atoms with E-state index in [4.69, 9.17) is 0 Å². The number of hydrogen-bond donors (Lipinski definition) is 1. The van der Waals surface area contributed by atoms with Crippen LogP contribution in [-0.2, 0) is 11.3 Å². The Bertz CT molecular complexity index is 896. The summed E-state index contributed by atoms with van der Waals surface area (Å²) in [6, 6.07) is 2.01. The van der Waals surface area contributed by atoms with Crippen LogP contribution in [0.3, 0.4) is 0 Å². The minimum Gasteiger partial charge on any atom is -0.393 e. The minimum absolute atomic E-state index is 0.162. The number of ketones is 1. The van der Waals surface area contributed by atoms with Gasteiger partial charge in [0.2, 0.25) is 0 Å². The van der Waals surface area contributed by atoms with E-state index in [0.29, 0.717) is 23.5 Å². The molecule has 6 atom stereocenters. The van der Waals surface area contributed by atoms with E-state index in [1.807, 2.05) is 16.9 Å². The van der Waals surface area contributed by atoms with Gasteiger partial charge in [0.05, 0.1) is 11.8 Å². The van der Waals surface area contributed by atoms with Crippen molar-refractivity contribution < 1.29 is 9.90 Å². The fourth-order valence-electron chi connectivity index (χ4n) is 7.25. The number of rotatable bonds is 2. The number of carbonyl (C=O) groups is 1. The molecule has 4 heteroatoms. The first-order valence-electron chi connectivity index (χ1n) is 11.5. The molecule has 4 aliphatic rings. The van der Waals surface area contributed by atoms with Crippen LogP contribution in [0.25, 0.3) is 6.08 Å². The molecular formula is C25H34N2O2. The Kier molecular flexibility index (Phi) is 4.43. The summed E-state index contributed by atoms with van der Waals surface area (Å²) in [5.41, 5.74) is 3.40. The summed E-state index contributed by atoms with van der Waals surface area (Å²) in [4.78, 5) is 13.5. The Labute approximate surface area is 174 Å². The second-order valence-electron chi connectivity index (χ2n) is 10.4. The largest absolute Gasteiger partial charge is 0.393 e. The fourth-order valence-corrected chi connectivity index (χ4v) is 7.25. The van der Waals surface area contributed by atoms with Crippen molar-refractivity contribution in [2.24, 2.45) is 28.6 Å². The van der Waals surface area contributed by atoms with E-state index in [9.17, 15) is 9.90 Å². The molecule has 4 nitrogen and oxygen atoms in total. The van der Waals surface area contributed by atoms with E-state index < -0.39 is 0 Å². The molecule has 1 heterocycles. The molecule has 4 aliphatic carbocycles. The second kappa shape index (κ2) is 6.66. The van der Waals surface area contributed by atoms with Gasteiger partial charge in [-0.15, -0.1) is 0 Å². The van der Waals surface area contributed by atoms with Crippen molar-refractivity contribution in [3.63, 3.8) is 0 Å². The maximum Gasteiger partial charge on any atom is 0.165 e. The van der Waals surface area contributed by atoms with Crippen molar-refractivity contribution in [1.82, 2.24) is 9.78 Å². The third-order valence-corrected chi connectivity index (χ3v) is 9.03. The summed E-state index contributed by atoms with van der Waals surface area (Å²) in [5.74, 6) is 2.04. The van der Waals surface area contributed by atoms with Gasteiger partial charge in [0.1, 0.15) is 0 Å². The molecule has 29 heavy (non-hydrogen) atoms. The lowest BCUT2D eigenvalue weighted by Gasteiger charge is -2.56. The summed E-state index contributed by atoms with van der Waals surface area (Å²) < 4.78 is 1.92. The summed E-state index contributed by atoms with van der Waals surface area (Å²) in [6.45, 7) is 7.60. The predicted octanol–water partition coefficient (Wildman–Crippen LogP) is 4.79. The quantitative estimate of drug-likeness (QED) is 0.580. The molecule has 156 valence electrons. The second-order valence-corrected chi connectivity index (χ2v) is 10.4. The van der Waals surface area contributed by atoms with Crippen LogP contribution < -0.4 is 0 Å². The smallest absolute Gasteiger partial charge is 0.165 e. The van der Waals surface area contributed by atoms with Gasteiger partial charge in [-0.05, 0) is 92.8 Å². The molecule has 0 unspecified atom stereocenters. The van der Waals surface area contributed by atoms with Gasteiger partial charge in [-0.3, -0.25) is 9.48 Å². The van der Waals surface area contributed by atoms with Crippen molar-refractivity contribution >= 4 is 11.9 Å². The van der Waals surface area contributed by atoms with Crippen LogP contribution in [0.1, 0.15) is 71.4 Å². The topological polar surface area (TPSA) is 55.1 Å². The highest BCUT2D eigenvalue weighted by Gasteiger charge is 2.59. The molecule has 1 aromatic heterocycles. The summed E-state index contributed by atoms with van der Waals surface area (Å²) in [7, 11) is 0.